The number of piperazine rings is 1. The van der Waals surface area contributed by atoms with E-state index in [4.69, 9.17) is 0 Å². The molecule has 0 saturated carbocycles. The molecule has 0 aromatic rings. The van der Waals surface area contributed by atoms with Gasteiger partial charge in [-0.1, -0.05) is 41.0 Å². The van der Waals surface area contributed by atoms with Crippen LogP contribution in [0.4, 0.5) is 0 Å². The molecule has 17 heavy (non-hydrogen) atoms. The van der Waals surface area contributed by atoms with Crippen LogP contribution in [-0.4, -0.2) is 37.1 Å². The molecule has 0 spiro atoms. The first-order chi connectivity index (χ1) is 7.94. The Labute approximate surface area is 108 Å². The van der Waals surface area contributed by atoms with E-state index in [0.717, 1.165) is 12.0 Å². The second-order valence-electron chi connectivity index (χ2n) is 6.86. The molecule has 2 atom stereocenters. The van der Waals surface area contributed by atoms with Gasteiger partial charge in [-0.05, 0) is 30.7 Å². The monoisotopic (exact) mass is 240 g/mol. The lowest BCUT2D eigenvalue weighted by atomic mass is 9.90. The van der Waals surface area contributed by atoms with Crippen molar-refractivity contribution in [3.63, 3.8) is 0 Å². The topological polar surface area (TPSA) is 15.3 Å². The van der Waals surface area contributed by atoms with Crippen LogP contribution >= 0.6 is 0 Å². The van der Waals surface area contributed by atoms with Crippen LogP contribution in [0.5, 0.6) is 0 Å². The molecule has 0 radical (unpaired) electrons. The van der Waals surface area contributed by atoms with Gasteiger partial charge >= 0.3 is 0 Å². The molecule has 1 rings (SSSR count). The summed E-state index contributed by atoms with van der Waals surface area (Å²) in [5, 5.41) is 3.55. The highest BCUT2D eigenvalue weighted by Crippen LogP contribution is 2.22. The Morgan fingerprint density at radius 3 is 2.65 bits per heavy atom. The van der Waals surface area contributed by atoms with E-state index in [1.165, 1.54) is 45.4 Å². The molecule has 1 N–H and O–H groups in total. The molecule has 1 aliphatic rings. The van der Waals surface area contributed by atoms with E-state index in [2.05, 4.69) is 44.8 Å². The molecule has 102 valence electrons. The van der Waals surface area contributed by atoms with E-state index in [9.17, 15) is 0 Å². The van der Waals surface area contributed by atoms with Gasteiger partial charge in [0.25, 0.3) is 0 Å². The Morgan fingerprint density at radius 2 is 2.06 bits per heavy atom. The first-order valence-corrected chi connectivity index (χ1v) is 7.39. The minimum absolute atomic E-state index is 0.486. The fraction of sp³-hybridized carbons (Fsp3) is 1.00. The standard InChI is InChI=1S/C15H32N2/c1-6-13(2)14-12-16-9-11-17(14)10-7-8-15(3,4)5/h13-14,16H,6-12H2,1-5H3. The van der Waals surface area contributed by atoms with Gasteiger partial charge in [0.05, 0.1) is 0 Å². The first-order valence-electron chi connectivity index (χ1n) is 7.39. The first kappa shape index (κ1) is 15.0. The highest BCUT2D eigenvalue weighted by Gasteiger charge is 2.25. The van der Waals surface area contributed by atoms with Crippen molar-refractivity contribution in [1.82, 2.24) is 10.2 Å². The normalized spacial score (nSPS) is 24.9. The molecule has 1 heterocycles. The van der Waals surface area contributed by atoms with Gasteiger partial charge in [-0.2, -0.15) is 0 Å². The Morgan fingerprint density at radius 1 is 1.35 bits per heavy atom. The lowest BCUT2D eigenvalue weighted by Crippen LogP contribution is -2.54. The number of nitrogens with zero attached hydrogens (tertiary/aromatic N) is 1. The van der Waals surface area contributed by atoms with Gasteiger partial charge in [0.15, 0.2) is 0 Å². The quantitative estimate of drug-likeness (QED) is 0.794. The van der Waals surface area contributed by atoms with Crippen LogP contribution in [0.2, 0.25) is 0 Å². The number of hydrogen-bond donors (Lipinski definition) is 1. The molecule has 2 nitrogen and oxygen atoms in total. The average molecular weight is 240 g/mol. The fourth-order valence-corrected chi connectivity index (χ4v) is 2.69. The number of hydrogen-bond acceptors (Lipinski definition) is 2. The summed E-state index contributed by atoms with van der Waals surface area (Å²) in [5.74, 6) is 0.817. The van der Waals surface area contributed by atoms with Crippen LogP contribution in [0.1, 0.15) is 53.9 Å². The lowest BCUT2D eigenvalue weighted by Gasteiger charge is -2.40. The Kier molecular flexibility index (Phi) is 5.94. The van der Waals surface area contributed by atoms with Crippen LogP contribution in [0, 0.1) is 11.3 Å². The minimum Gasteiger partial charge on any atom is -0.314 e. The van der Waals surface area contributed by atoms with Gasteiger partial charge in [0.2, 0.25) is 0 Å². The van der Waals surface area contributed by atoms with E-state index in [0.29, 0.717) is 5.41 Å². The second-order valence-corrected chi connectivity index (χ2v) is 6.86. The van der Waals surface area contributed by atoms with Crippen molar-refractivity contribution < 1.29 is 0 Å². The van der Waals surface area contributed by atoms with Gasteiger partial charge in [0.1, 0.15) is 0 Å². The van der Waals surface area contributed by atoms with Crippen molar-refractivity contribution in [2.45, 2.75) is 59.9 Å². The fourth-order valence-electron chi connectivity index (χ4n) is 2.69. The van der Waals surface area contributed by atoms with E-state index in [1.54, 1.807) is 0 Å². The van der Waals surface area contributed by atoms with Gasteiger partial charge < -0.3 is 5.32 Å². The van der Waals surface area contributed by atoms with E-state index in [1.807, 2.05) is 0 Å². The molecular formula is C15H32N2. The van der Waals surface area contributed by atoms with Crippen LogP contribution in [0.3, 0.4) is 0 Å². The third kappa shape index (κ3) is 5.39. The third-order valence-electron chi connectivity index (χ3n) is 4.07. The maximum atomic E-state index is 3.55. The average Bonchev–Trinajstić information content (AvgIpc) is 2.27. The molecule has 0 aliphatic carbocycles. The van der Waals surface area contributed by atoms with Crippen molar-refractivity contribution in [2.24, 2.45) is 11.3 Å². The van der Waals surface area contributed by atoms with Crippen molar-refractivity contribution in [2.75, 3.05) is 26.2 Å². The van der Waals surface area contributed by atoms with Crippen LogP contribution in [-0.2, 0) is 0 Å². The van der Waals surface area contributed by atoms with Gasteiger partial charge in [-0.15, -0.1) is 0 Å². The van der Waals surface area contributed by atoms with Gasteiger partial charge in [-0.3, -0.25) is 4.90 Å². The van der Waals surface area contributed by atoms with Crippen LogP contribution < -0.4 is 5.32 Å². The van der Waals surface area contributed by atoms with Crippen LogP contribution in [0.15, 0.2) is 0 Å². The molecule has 1 aliphatic heterocycles. The van der Waals surface area contributed by atoms with Gasteiger partial charge in [-0.25, -0.2) is 0 Å². The molecule has 2 unspecified atom stereocenters. The maximum Gasteiger partial charge on any atom is 0.0246 e. The smallest absolute Gasteiger partial charge is 0.0246 e. The summed E-state index contributed by atoms with van der Waals surface area (Å²) < 4.78 is 0. The van der Waals surface area contributed by atoms with Crippen molar-refractivity contribution in [1.29, 1.82) is 0 Å². The molecule has 0 aromatic carbocycles. The molecule has 0 aromatic heterocycles. The summed E-state index contributed by atoms with van der Waals surface area (Å²) in [6.07, 6.45) is 3.97. The molecule has 1 saturated heterocycles. The van der Waals surface area contributed by atoms with E-state index in [-0.39, 0.29) is 0 Å². The summed E-state index contributed by atoms with van der Waals surface area (Å²) >= 11 is 0. The highest BCUT2D eigenvalue weighted by molar-refractivity contribution is 4.83. The molecule has 0 bridgehead atoms. The number of nitrogens with one attached hydrogen (secondary N) is 1. The maximum absolute atomic E-state index is 3.55. The van der Waals surface area contributed by atoms with E-state index < -0.39 is 0 Å². The van der Waals surface area contributed by atoms with E-state index >= 15 is 0 Å². The predicted molar refractivity (Wildman–Crippen MR) is 76.4 cm³/mol. The zero-order valence-electron chi connectivity index (χ0n) is 12.6. The SMILES string of the molecule is CCC(C)C1CNCCN1CCCC(C)(C)C. The second kappa shape index (κ2) is 6.75. The molecule has 2 heteroatoms. The van der Waals surface area contributed by atoms with Gasteiger partial charge in [0, 0.05) is 25.7 Å². The zero-order valence-corrected chi connectivity index (χ0v) is 12.6. The summed E-state index contributed by atoms with van der Waals surface area (Å²) in [5.41, 5.74) is 0.486. The van der Waals surface area contributed by atoms with Crippen molar-refractivity contribution in [3.8, 4) is 0 Å². The lowest BCUT2D eigenvalue weighted by molar-refractivity contribution is 0.110. The largest absolute Gasteiger partial charge is 0.314 e. The predicted octanol–water partition coefficient (Wildman–Crippen LogP) is 3.13. The molecular weight excluding hydrogens is 208 g/mol. The van der Waals surface area contributed by atoms with Crippen molar-refractivity contribution in [3.05, 3.63) is 0 Å². The molecule has 1 fully saturated rings. The molecule has 0 amide bonds. The Bertz CT molecular complexity index is 207. The third-order valence-corrected chi connectivity index (χ3v) is 4.07. The summed E-state index contributed by atoms with van der Waals surface area (Å²) in [6, 6.07) is 0.758. The summed E-state index contributed by atoms with van der Waals surface area (Å²) in [6.45, 7) is 16.6. The Balaban J connectivity index is 2.38. The summed E-state index contributed by atoms with van der Waals surface area (Å²) in [4.78, 5) is 2.72. The zero-order chi connectivity index (χ0) is 12.9. The van der Waals surface area contributed by atoms with Crippen LogP contribution in [0.25, 0.3) is 0 Å². The highest BCUT2D eigenvalue weighted by atomic mass is 15.2. The minimum atomic E-state index is 0.486. The van der Waals surface area contributed by atoms with Crippen molar-refractivity contribution >= 4 is 0 Å². The number of rotatable bonds is 5. The Hall–Kier alpha value is -0.0800. The summed E-state index contributed by atoms with van der Waals surface area (Å²) in [7, 11) is 0.